The molecule has 0 saturated carbocycles. The number of hydrogen-bond donors (Lipinski definition) is 1. The molecule has 0 aliphatic heterocycles. The molecular weight excluding hydrogens is 326 g/mol. The lowest BCUT2D eigenvalue weighted by Gasteiger charge is -2.17. The minimum absolute atomic E-state index is 0.183. The zero-order valence-electron chi connectivity index (χ0n) is 12.0. The molecule has 1 aromatic heterocycles. The van der Waals surface area contributed by atoms with Crippen LogP contribution in [0, 0.1) is 6.92 Å². The number of aryl methyl sites for hydroxylation is 1. The molecule has 0 radical (unpaired) electrons. The van der Waals surface area contributed by atoms with Crippen LogP contribution < -0.4 is 5.32 Å². The molecule has 0 aliphatic carbocycles. The fourth-order valence-electron chi connectivity index (χ4n) is 2.36. The number of rotatable bonds is 3. The summed E-state index contributed by atoms with van der Waals surface area (Å²) in [7, 11) is 0. The molecule has 1 heterocycles. The molecule has 0 fully saturated rings. The molecule has 3 rings (SSSR count). The molecule has 0 amide bonds. The molecule has 1 unspecified atom stereocenters. The van der Waals surface area contributed by atoms with Crippen molar-refractivity contribution in [3.8, 4) is 0 Å². The van der Waals surface area contributed by atoms with E-state index in [2.05, 4.69) is 56.3 Å². The summed E-state index contributed by atoms with van der Waals surface area (Å²) in [6, 6.07) is 16.6. The van der Waals surface area contributed by atoms with E-state index in [1.807, 2.05) is 37.3 Å². The average Bonchev–Trinajstić information content (AvgIpc) is 2.49. The van der Waals surface area contributed by atoms with Crippen LogP contribution in [-0.4, -0.2) is 9.97 Å². The van der Waals surface area contributed by atoms with Crippen LogP contribution >= 0.6 is 15.9 Å². The topological polar surface area (TPSA) is 37.8 Å². The molecule has 3 aromatic rings. The Morgan fingerprint density at radius 1 is 1.05 bits per heavy atom. The van der Waals surface area contributed by atoms with Gasteiger partial charge >= 0.3 is 0 Å². The zero-order valence-corrected chi connectivity index (χ0v) is 13.6. The molecule has 0 saturated heterocycles. The number of halogens is 1. The van der Waals surface area contributed by atoms with Crippen LogP contribution in [-0.2, 0) is 0 Å². The molecule has 2 aromatic carbocycles. The van der Waals surface area contributed by atoms with Gasteiger partial charge in [0.15, 0.2) is 0 Å². The van der Waals surface area contributed by atoms with Gasteiger partial charge in [-0.05, 0) is 37.6 Å². The maximum Gasteiger partial charge on any atom is 0.138 e. The number of hydrogen-bond acceptors (Lipinski definition) is 3. The Hall–Kier alpha value is -1.94. The lowest BCUT2D eigenvalue weighted by molar-refractivity contribution is 0.872. The Morgan fingerprint density at radius 2 is 1.81 bits per heavy atom. The highest BCUT2D eigenvalue weighted by molar-refractivity contribution is 9.10. The molecule has 4 heteroatoms. The fraction of sp³-hybridized carbons (Fsp3) is 0.176. The summed E-state index contributed by atoms with van der Waals surface area (Å²) in [5, 5.41) is 4.52. The highest BCUT2D eigenvalue weighted by Crippen LogP contribution is 2.27. The van der Waals surface area contributed by atoms with Crippen LogP contribution in [0.4, 0.5) is 5.82 Å². The van der Waals surface area contributed by atoms with Gasteiger partial charge in [-0.25, -0.2) is 9.97 Å². The summed E-state index contributed by atoms with van der Waals surface area (Å²) in [5.41, 5.74) is 2.19. The van der Waals surface area contributed by atoms with Crippen LogP contribution in [0.1, 0.15) is 24.4 Å². The maximum absolute atomic E-state index is 4.56. The Kier molecular flexibility index (Phi) is 3.88. The Morgan fingerprint density at radius 3 is 2.57 bits per heavy atom. The lowest BCUT2D eigenvalue weighted by atomic mass is 10.1. The molecule has 1 N–H and O–H groups in total. The highest BCUT2D eigenvalue weighted by Gasteiger charge is 2.10. The van der Waals surface area contributed by atoms with Crippen molar-refractivity contribution in [1.82, 2.24) is 9.97 Å². The second-order valence-electron chi connectivity index (χ2n) is 5.06. The number of benzene rings is 2. The van der Waals surface area contributed by atoms with Crippen LogP contribution in [0.25, 0.3) is 10.9 Å². The number of anilines is 1. The third-order valence-corrected chi connectivity index (χ3v) is 3.92. The number of aromatic nitrogens is 2. The van der Waals surface area contributed by atoms with E-state index < -0.39 is 0 Å². The van der Waals surface area contributed by atoms with Crippen molar-refractivity contribution in [3.63, 3.8) is 0 Å². The van der Waals surface area contributed by atoms with Gasteiger partial charge in [0.1, 0.15) is 11.6 Å². The monoisotopic (exact) mass is 341 g/mol. The summed E-state index contributed by atoms with van der Waals surface area (Å²) in [6.45, 7) is 4.05. The second kappa shape index (κ2) is 5.82. The first-order chi connectivity index (χ1) is 10.1. The molecule has 0 aliphatic rings. The SMILES string of the molecule is Cc1nc(NC(C)c2ccccc2)c2cc(Br)ccc2n1. The number of nitrogens with one attached hydrogen (secondary N) is 1. The van der Waals surface area contributed by atoms with E-state index >= 15 is 0 Å². The Balaban J connectivity index is 2.02. The van der Waals surface area contributed by atoms with Crippen molar-refractivity contribution in [3.05, 3.63) is 64.4 Å². The predicted molar refractivity (Wildman–Crippen MR) is 90.5 cm³/mol. The van der Waals surface area contributed by atoms with Crippen LogP contribution in [0.2, 0.25) is 0 Å². The van der Waals surface area contributed by atoms with E-state index in [0.29, 0.717) is 0 Å². The molecule has 0 spiro atoms. The van der Waals surface area contributed by atoms with Gasteiger partial charge in [-0.2, -0.15) is 0 Å². The van der Waals surface area contributed by atoms with Gasteiger partial charge in [0.05, 0.1) is 5.52 Å². The third kappa shape index (κ3) is 3.05. The normalized spacial score (nSPS) is 12.3. The van der Waals surface area contributed by atoms with Crippen LogP contribution in [0.5, 0.6) is 0 Å². The van der Waals surface area contributed by atoms with E-state index in [4.69, 9.17) is 0 Å². The summed E-state index contributed by atoms with van der Waals surface area (Å²) >= 11 is 3.51. The predicted octanol–water partition coefficient (Wildman–Crippen LogP) is 4.87. The van der Waals surface area contributed by atoms with Gasteiger partial charge in [-0.15, -0.1) is 0 Å². The second-order valence-corrected chi connectivity index (χ2v) is 5.97. The van der Waals surface area contributed by atoms with Gasteiger partial charge < -0.3 is 5.32 Å². The van der Waals surface area contributed by atoms with E-state index in [0.717, 1.165) is 27.0 Å². The van der Waals surface area contributed by atoms with Gasteiger partial charge in [-0.1, -0.05) is 46.3 Å². The third-order valence-electron chi connectivity index (χ3n) is 3.42. The van der Waals surface area contributed by atoms with E-state index in [1.54, 1.807) is 0 Å². The highest BCUT2D eigenvalue weighted by atomic mass is 79.9. The fourth-order valence-corrected chi connectivity index (χ4v) is 2.72. The molecule has 3 nitrogen and oxygen atoms in total. The largest absolute Gasteiger partial charge is 0.363 e. The van der Waals surface area contributed by atoms with Crippen LogP contribution in [0.15, 0.2) is 53.0 Å². The molecular formula is C17H16BrN3. The molecule has 106 valence electrons. The van der Waals surface area contributed by atoms with Crippen molar-refractivity contribution in [2.24, 2.45) is 0 Å². The van der Waals surface area contributed by atoms with Gasteiger partial charge in [0.25, 0.3) is 0 Å². The van der Waals surface area contributed by atoms with Crippen molar-refractivity contribution < 1.29 is 0 Å². The zero-order chi connectivity index (χ0) is 14.8. The summed E-state index contributed by atoms with van der Waals surface area (Å²) in [4.78, 5) is 9.05. The van der Waals surface area contributed by atoms with Crippen LogP contribution in [0.3, 0.4) is 0 Å². The van der Waals surface area contributed by atoms with Gasteiger partial charge in [-0.3, -0.25) is 0 Å². The summed E-state index contributed by atoms with van der Waals surface area (Å²) < 4.78 is 1.03. The number of fused-ring (bicyclic) bond motifs is 1. The minimum Gasteiger partial charge on any atom is -0.363 e. The molecule has 1 atom stereocenters. The van der Waals surface area contributed by atoms with Crippen molar-refractivity contribution in [1.29, 1.82) is 0 Å². The first kappa shape index (κ1) is 14.0. The van der Waals surface area contributed by atoms with E-state index in [9.17, 15) is 0 Å². The van der Waals surface area contributed by atoms with E-state index in [1.165, 1.54) is 5.56 Å². The standard InChI is InChI=1S/C17H16BrN3/c1-11(13-6-4-3-5-7-13)19-17-15-10-14(18)8-9-16(15)20-12(2)21-17/h3-11H,1-2H3,(H,19,20,21). The van der Waals surface area contributed by atoms with Crippen molar-refractivity contribution >= 4 is 32.7 Å². The van der Waals surface area contributed by atoms with Gasteiger partial charge in [0.2, 0.25) is 0 Å². The summed E-state index contributed by atoms with van der Waals surface area (Å²) in [5.74, 6) is 1.64. The average molecular weight is 342 g/mol. The summed E-state index contributed by atoms with van der Waals surface area (Å²) in [6.07, 6.45) is 0. The molecule has 21 heavy (non-hydrogen) atoms. The first-order valence-corrected chi connectivity index (χ1v) is 7.68. The first-order valence-electron chi connectivity index (χ1n) is 6.89. The quantitative estimate of drug-likeness (QED) is 0.738. The molecule has 0 bridgehead atoms. The smallest absolute Gasteiger partial charge is 0.138 e. The Labute approximate surface area is 132 Å². The Bertz CT molecular complexity index is 772. The van der Waals surface area contributed by atoms with Crippen molar-refractivity contribution in [2.75, 3.05) is 5.32 Å². The van der Waals surface area contributed by atoms with Gasteiger partial charge in [0, 0.05) is 15.9 Å². The number of nitrogens with zero attached hydrogens (tertiary/aromatic N) is 2. The minimum atomic E-state index is 0.183. The lowest BCUT2D eigenvalue weighted by Crippen LogP contribution is -2.09. The maximum atomic E-state index is 4.56. The van der Waals surface area contributed by atoms with Crippen molar-refractivity contribution in [2.45, 2.75) is 19.9 Å². The van der Waals surface area contributed by atoms with E-state index in [-0.39, 0.29) is 6.04 Å².